The van der Waals surface area contributed by atoms with E-state index in [0.717, 1.165) is 19.3 Å². The number of aliphatic carboxylic acids is 1. The first-order valence-corrected chi connectivity index (χ1v) is 6.88. The van der Waals surface area contributed by atoms with Crippen molar-refractivity contribution in [3.63, 3.8) is 0 Å². The predicted molar refractivity (Wildman–Crippen MR) is 65.8 cm³/mol. The number of hydrogen-bond acceptors (Lipinski definition) is 2. The molecule has 3 aliphatic carbocycles. The fourth-order valence-corrected chi connectivity index (χ4v) is 3.88. The number of fused-ring (bicyclic) bond motifs is 2. The van der Waals surface area contributed by atoms with E-state index in [2.05, 4.69) is 5.32 Å². The van der Waals surface area contributed by atoms with Crippen molar-refractivity contribution < 1.29 is 14.7 Å². The molecule has 0 spiro atoms. The first-order valence-electron chi connectivity index (χ1n) is 6.88. The maximum Gasteiger partial charge on any atom is 0.307 e. The van der Waals surface area contributed by atoms with Crippen LogP contribution in [-0.4, -0.2) is 23.0 Å². The molecule has 4 heteroatoms. The Morgan fingerprint density at radius 2 is 1.67 bits per heavy atom. The van der Waals surface area contributed by atoms with Gasteiger partial charge in [0.1, 0.15) is 0 Å². The van der Waals surface area contributed by atoms with Gasteiger partial charge in [-0.05, 0) is 31.1 Å². The number of rotatable bonds is 3. The van der Waals surface area contributed by atoms with Gasteiger partial charge in [0.25, 0.3) is 0 Å². The number of carbonyl (C=O) groups excluding carboxylic acids is 1. The fourth-order valence-electron chi connectivity index (χ4n) is 3.88. The molecule has 0 aromatic rings. The van der Waals surface area contributed by atoms with Crippen LogP contribution < -0.4 is 5.32 Å². The lowest BCUT2D eigenvalue weighted by molar-refractivity contribution is -0.148. The van der Waals surface area contributed by atoms with E-state index in [-0.39, 0.29) is 29.7 Å². The average Bonchev–Trinajstić information content (AvgIpc) is 3.03. The fraction of sp³-hybridized carbons (Fsp3) is 0.714. The molecule has 0 heterocycles. The predicted octanol–water partition coefficient (Wildman–Crippen LogP) is 1.57. The van der Waals surface area contributed by atoms with Crippen LogP contribution in [0.15, 0.2) is 12.2 Å². The van der Waals surface area contributed by atoms with Crippen LogP contribution in [0.4, 0.5) is 0 Å². The van der Waals surface area contributed by atoms with Gasteiger partial charge in [0.2, 0.25) is 5.91 Å². The molecule has 3 aliphatic rings. The van der Waals surface area contributed by atoms with Crippen LogP contribution in [0.2, 0.25) is 0 Å². The smallest absolute Gasteiger partial charge is 0.307 e. The van der Waals surface area contributed by atoms with E-state index in [1.54, 1.807) is 0 Å². The summed E-state index contributed by atoms with van der Waals surface area (Å²) in [5.74, 6) is -1.52. The van der Waals surface area contributed by atoms with Crippen molar-refractivity contribution in [2.75, 3.05) is 0 Å². The summed E-state index contributed by atoms with van der Waals surface area (Å²) in [6.45, 7) is 0. The Balaban J connectivity index is 1.71. The third-order valence-corrected chi connectivity index (χ3v) is 4.75. The zero-order valence-corrected chi connectivity index (χ0v) is 10.3. The van der Waals surface area contributed by atoms with Crippen molar-refractivity contribution in [1.82, 2.24) is 5.32 Å². The highest BCUT2D eigenvalue weighted by Crippen LogP contribution is 2.48. The summed E-state index contributed by atoms with van der Waals surface area (Å²) in [6, 6.07) is 0.273. The minimum Gasteiger partial charge on any atom is -0.481 e. The SMILES string of the molecule is O=C(O)C1C2C=CC(C2)C1C(=O)NC1CCCC1. The van der Waals surface area contributed by atoms with Crippen molar-refractivity contribution >= 4 is 11.9 Å². The molecule has 1 amide bonds. The Labute approximate surface area is 106 Å². The van der Waals surface area contributed by atoms with Gasteiger partial charge in [0, 0.05) is 6.04 Å². The van der Waals surface area contributed by atoms with Gasteiger partial charge in [0.15, 0.2) is 0 Å². The van der Waals surface area contributed by atoms with Crippen LogP contribution in [0.5, 0.6) is 0 Å². The van der Waals surface area contributed by atoms with Crippen molar-refractivity contribution in [2.45, 2.75) is 38.1 Å². The number of carboxylic acids is 1. The molecule has 98 valence electrons. The van der Waals surface area contributed by atoms with Gasteiger partial charge in [-0.2, -0.15) is 0 Å². The summed E-state index contributed by atoms with van der Waals surface area (Å²) in [4.78, 5) is 23.6. The van der Waals surface area contributed by atoms with Crippen molar-refractivity contribution in [3.8, 4) is 0 Å². The van der Waals surface area contributed by atoms with Gasteiger partial charge in [-0.25, -0.2) is 0 Å². The normalized spacial score (nSPS) is 38.2. The summed E-state index contributed by atoms with van der Waals surface area (Å²) in [7, 11) is 0. The molecule has 4 nitrogen and oxygen atoms in total. The highest BCUT2D eigenvalue weighted by atomic mass is 16.4. The first kappa shape index (κ1) is 11.8. The Kier molecular flexibility index (Phi) is 2.88. The van der Waals surface area contributed by atoms with Crippen molar-refractivity contribution in [3.05, 3.63) is 12.2 Å². The van der Waals surface area contributed by atoms with E-state index < -0.39 is 11.9 Å². The summed E-state index contributed by atoms with van der Waals surface area (Å²) in [5, 5.41) is 12.4. The summed E-state index contributed by atoms with van der Waals surface area (Å²) in [6.07, 6.45) is 9.26. The third-order valence-electron chi connectivity index (χ3n) is 4.75. The molecular formula is C14H19NO3. The summed E-state index contributed by atoms with van der Waals surface area (Å²) >= 11 is 0. The van der Waals surface area contributed by atoms with E-state index in [4.69, 9.17) is 0 Å². The highest BCUT2D eigenvalue weighted by Gasteiger charge is 2.51. The van der Waals surface area contributed by atoms with Gasteiger partial charge in [-0.3, -0.25) is 9.59 Å². The molecule has 2 saturated carbocycles. The van der Waals surface area contributed by atoms with Crippen LogP contribution in [0.1, 0.15) is 32.1 Å². The molecule has 0 aromatic heterocycles. The molecule has 2 bridgehead atoms. The monoisotopic (exact) mass is 249 g/mol. The summed E-state index contributed by atoms with van der Waals surface area (Å²) < 4.78 is 0. The second kappa shape index (κ2) is 4.41. The van der Waals surface area contributed by atoms with Crippen LogP contribution in [0, 0.1) is 23.7 Å². The number of carbonyl (C=O) groups is 2. The second-order valence-corrected chi connectivity index (χ2v) is 5.83. The second-order valence-electron chi connectivity index (χ2n) is 5.83. The minimum absolute atomic E-state index is 0.0360. The quantitative estimate of drug-likeness (QED) is 0.746. The molecule has 2 fully saturated rings. The largest absolute Gasteiger partial charge is 0.481 e. The molecule has 4 unspecified atom stereocenters. The topological polar surface area (TPSA) is 66.4 Å². The Morgan fingerprint density at radius 1 is 1.06 bits per heavy atom. The molecule has 0 saturated heterocycles. The molecule has 18 heavy (non-hydrogen) atoms. The van der Waals surface area contributed by atoms with Gasteiger partial charge in [-0.15, -0.1) is 0 Å². The van der Waals surface area contributed by atoms with Crippen LogP contribution in [0.3, 0.4) is 0 Å². The average molecular weight is 249 g/mol. The Hall–Kier alpha value is -1.32. The standard InChI is InChI=1S/C14H19NO3/c16-13(15-10-3-1-2-4-10)11-8-5-6-9(7-8)12(11)14(17)18/h5-6,8-12H,1-4,7H2,(H,15,16)(H,17,18). The number of allylic oxidation sites excluding steroid dienone is 2. The lowest BCUT2D eigenvalue weighted by Crippen LogP contribution is -2.43. The first-order chi connectivity index (χ1) is 8.66. The molecule has 4 atom stereocenters. The summed E-state index contributed by atoms with van der Waals surface area (Å²) in [5.41, 5.74) is 0. The zero-order chi connectivity index (χ0) is 12.7. The molecule has 2 N–H and O–H groups in total. The highest BCUT2D eigenvalue weighted by molar-refractivity contribution is 5.87. The van der Waals surface area contributed by atoms with Crippen LogP contribution >= 0.6 is 0 Å². The molecule has 0 aromatic carbocycles. The van der Waals surface area contributed by atoms with E-state index >= 15 is 0 Å². The molecule has 3 rings (SSSR count). The van der Waals surface area contributed by atoms with Crippen LogP contribution in [-0.2, 0) is 9.59 Å². The molecule has 0 aliphatic heterocycles. The number of hydrogen-bond donors (Lipinski definition) is 2. The number of amides is 1. The minimum atomic E-state index is -0.821. The zero-order valence-electron chi connectivity index (χ0n) is 10.3. The van der Waals surface area contributed by atoms with Crippen molar-refractivity contribution in [1.29, 1.82) is 0 Å². The maximum atomic E-state index is 12.3. The lowest BCUT2D eigenvalue weighted by Gasteiger charge is -2.25. The maximum absolute atomic E-state index is 12.3. The lowest BCUT2D eigenvalue weighted by atomic mass is 9.82. The Morgan fingerprint density at radius 3 is 2.28 bits per heavy atom. The molecular weight excluding hydrogens is 230 g/mol. The van der Waals surface area contributed by atoms with Gasteiger partial charge >= 0.3 is 5.97 Å². The van der Waals surface area contributed by atoms with E-state index in [1.165, 1.54) is 12.8 Å². The number of carboxylic acid groups (broad SMARTS) is 1. The Bertz CT molecular complexity index is 398. The number of nitrogens with one attached hydrogen (secondary N) is 1. The van der Waals surface area contributed by atoms with E-state index in [9.17, 15) is 14.7 Å². The van der Waals surface area contributed by atoms with Gasteiger partial charge in [0.05, 0.1) is 11.8 Å². The van der Waals surface area contributed by atoms with Gasteiger partial charge < -0.3 is 10.4 Å². The van der Waals surface area contributed by atoms with Crippen LogP contribution in [0.25, 0.3) is 0 Å². The van der Waals surface area contributed by atoms with Crippen molar-refractivity contribution in [2.24, 2.45) is 23.7 Å². The van der Waals surface area contributed by atoms with E-state index in [1.807, 2.05) is 12.2 Å². The van der Waals surface area contributed by atoms with Gasteiger partial charge in [-0.1, -0.05) is 25.0 Å². The molecule has 0 radical (unpaired) electrons. The van der Waals surface area contributed by atoms with E-state index in [0.29, 0.717) is 0 Å². The third kappa shape index (κ3) is 1.84.